The average molecular weight is 1850 g/mol. The van der Waals surface area contributed by atoms with Crippen molar-refractivity contribution in [3.8, 4) is 45.0 Å². The largest absolute Gasteiger partial charge is 0.481 e. The number of nitrogens with two attached hydrogens (primary N) is 2. The maximum absolute atomic E-state index is 12.1. The molecule has 0 spiro atoms. The third-order valence-corrected chi connectivity index (χ3v) is 19.6. The van der Waals surface area contributed by atoms with E-state index >= 15 is 0 Å². The SMILES string of the molecule is CC(=O)c1cnc2nc(-c3ccccc3)c(CCCCC(=O)O)nc2c1.CC(=O)c1cnc2nc(-c3ccccc3)c(CCCCC(=O)OC(C)(C)C)nc2c1.CC(=O)c1cnc2nc(-c3ccccc3)c(Cl)nc2c1.Clc1nc2cc(Br)cnc2nc1-c1ccccc1.Nc1cc(Br)cnc1N.O=C1Cc2cc(Br)cnc2N=C1c1ccccc1. The Hall–Kier alpha value is -12.7. The van der Waals surface area contributed by atoms with Crippen LogP contribution in [-0.4, -0.2) is 121 Å². The van der Waals surface area contributed by atoms with Crippen LogP contribution in [0.2, 0.25) is 10.3 Å². The number of pyridine rings is 6. The molecule has 25 nitrogen and oxygen atoms in total. The van der Waals surface area contributed by atoms with Crippen LogP contribution in [0.3, 0.4) is 0 Å². The van der Waals surface area contributed by atoms with Gasteiger partial charge in [0, 0.05) is 120 Å². The topological polar surface area (TPSA) is 377 Å². The Morgan fingerprint density at radius 1 is 0.430 bits per heavy atom. The second-order valence-corrected chi connectivity index (χ2v) is 31.6. The number of carbonyl (C=O) groups excluding carboxylic acids is 5. The predicted molar refractivity (Wildman–Crippen MR) is 481 cm³/mol. The van der Waals surface area contributed by atoms with Crippen LogP contribution in [0.4, 0.5) is 17.3 Å². The molecule has 16 rings (SSSR count). The Kier molecular flexibility index (Phi) is 31.1. The zero-order chi connectivity index (χ0) is 86.3. The number of hydrogen-bond acceptors (Lipinski definition) is 24. The normalized spacial score (nSPS) is 11.3. The number of ketones is 4. The van der Waals surface area contributed by atoms with Gasteiger partial charge in [0.1, 0.15) is 50.6 Å². The number of Topliss-reactive ketones (excluding diaryl/α,β-unsaturated/α-hetero) is 4. The van der Waals surface area contributed by atoms with Crippen LogP contribution in [0.1, 0.15) is 134 Å². The number of nitrogen functional groups attached to an aromatic ring is 2. The van der Waals surface area contributed by atoms with E-state index in [1.54, 1.807) is 42.9 Å². The van der Waals surface area contributed by atoms with Crippen LogP contribution < -0.4 is 11.5 Å². The zero-order valence-electron chi connectivity index (χ0n) is 66.3. The molecule has 610 valence electrons. The second kappa shape index (κ2) is 42.3. The van der Waals surface area contributed by atoms with Crippen molar-refractivity contribution in [3.63, 3.8) is 0 Å². The number of unbranched alkanes of at least 4 members (excludes halogenated alkanes) is 2. The lowest BCUT2D eigenvalue weighted by Gasteiger charge is -2.19. The highest BCUT2D eigenvalue weighted by Gasteiger charge is 2.24. The molecule has 15 aromatic rings. The summed E-state index contributed by atoms with van der Waals surface area (Å²) in [5.74, 6) is -0.139. The number of aliphatic imine (C=N–C) groups is 1. The summed E-state index contributed by atoms with van der Waals surface area (Å²) in [7, 11) is 0. The average Bonchev–Trinajstić information content (AvgIpc) is 0.789. The summed E-state index contributed by atoms with van der Waals surface area (Å²) >= 11 is 22.3. The molecule has 5 aromatic carbocycles. The Morgan fingerprint density at radius 2 is 0.785 bits per heavy atom. The molecule has 30 heteroatoms. The molecule has 1 aliphatic rings. The molecule has 0 radical (unpaired) electrons. The number of ether oxygens (including phenoxy) is 1. The highest BCUT2D eigenvalue weighted by molar-refractivity contribution is 9.11. The summed E-state index contributed by atoms with van der Waals surface area (Å²) in [6.07, 6.45) is 14.4. The first kappa shape index (κ1) is 89.1. The molecule has 0 atom stereocenters. The number of carbonyl (C=O) groups is 6. The number of halogens is 5. The van der Waals surface area contributed by atoms with Crippen molar-refractivity contribution in [2.75, 3.05) is 11.5 Å². The van der Waals surface area contributed by atoms with Gasteiger partial charge in [0.05, 0.1) is 28.5 Å². The molecule has 0 saturated heterocycles. The fourth-order valence-electron chi connectivity index (χ4n) is 11.9. The molecular weight excluding hydrogens is 1770 g/mol. The van der Waals surface area contributed by atoms with Gasteiger partial charge < -0.3 is 21.3 Å². The van der Waals surface area contributed by atoms with Gasteiger partial charge in [-0.3, -0.25) is 28.8 Å². The second-order valence-electron chi connectivity index (χ2n) is 28.2. The number of aryl methyl sites for hydroxylation is 2. The van der Waals surface area contributed by atoms with E-state index in [-0.39, 0.29) is 35.5 Å². The van der Waals surface area contributed by atoms with E-state index in [2.05, 4.69) is 113 Å². The Bertz CT molecular complexity index is 6330. The summed E-state index contributed by atoms with van der Waals surface area (Å²) < 4.78 is 7.93. The van der Waals surface area contributed by atoms with Gasteiger partial charge in [-0.05, 0) is 164 Å². The molecule has 0 amide bonds. The van der Waals surface area contributed by atoms with Crippen molar-refractivity contribution >= 4 is 174 Å². The number of aliphatic carboxylic acids is 1. The molecule has 0 aliphatic carbocycles. The fraction of sp³-hybridized carbons (Fsp3) is 0.176. The number of fused-ring (bicyclic) bond motifs is 5. The molecule has 0 unspecified atom stereocenters. The van der Waals surface area contributed by atoms with Crippen LogP contribution in [0, 0.1) is 0 Å². The zero-order valence-corrected chi connectivity index (χ0v) is 72.6. The smallest absolute Gasteiger partial charge is 0.306 e. The number of carboxylic acids is 1. The van der Waals surface area contributed by atoms with Gasteiger partial charge >= 0.3 is 11.9 Å². The van der Waals surface area contributed by atoms with Crippen molar-refractivity contribution in [1.29, 1.82) is 0 Å². The van der Waals surface area contributed by atoms with Crippen molar-refractivity contribution < 1.29 is 38.6 Å². The predicted octanol–water partition coefficient (Wildman–Crippen LogP) is 20.4. The lowest BCUT2D eigenvalue weighted by atomic mass is 9.98. The summed E-state index contributed by atoms with van der Waals surface area (Å²) in [5, 5.41) is 9.48. The third-order valence-electron chi connectivity index (χ3n) is 17.7. The van der Waals surface area contributed by atoms with Crippen LogP contribution in [0.5, 0.6) is 0 Å². The van der Waals surface area contributed by atoms with Crippen LogP contribution >= 0.6 is 71.0 Å². The number of anilines is 2. The van der Waals surface area contributed by atoms with E-state index in [9.17, 15) is 28.8 Å². The first-order valence-electron chi connectivity index (χ1n) is 37.9. The molecule has 1 aliphatic heterocycles. The maximum Gasteiger partial charge on any atom is 0.306 e. The van der Waals surface area contributed by atoms with Crippen LogP contribution in [-0.2, 0) is 38.4 Å². The molecular formula is C91H78Br3Cl2N17O8. The number of hydrogen-bond donors (Lipinski definition) is 3. The van der Waals surface area contributed by atoms with Gasteiger partial charge in [-0.1, -0.05) is 175 Å². The Labute approximate surface area is 731 Å². The Morgan fingerprint density at radius 3 is 1.19 bits per heavy atom. The van der Waals surface area contributed by atoms with Gasteiger partial charge in [-0.15, -0.1) is 0 Å². The number of esters is 1. The lowest BCUT2D eigenvalue weighted by molar-refractivity contribution is -0.155. The number of aromatic nitrogens is 14. The van der Waals surface area contributed by atoms with Gasteiger partial charge in [-0.25, -0.2) is 74.8 Å². The molecule has 0 fully saturated rings. The molecule has 10 aromatic heterocycles. The minimum Gasteiger partial charge on any atom is -0.481 e. The highest BCUT2D eigenvalue weighted by atomic mass is 79.9. The van der Waals surface area contributed by atoms with E-state index in [0.29, 0.717) is 151 Å². The first-order chi connectivity index (χ1) is 58.1. The highest BCUT2D eigenvalue weighted by Crippen LogP contribution is 2.32. The minimum atomic E-state index is -0.798. The maximum atomic E-state index is 12.1. The number of rotatable bonds is 18. The standard InChI is InChI=1S/C24H27N3O3.C20H19N3O3.C15H10ClN3O.C14H9BrN2O.C13H7BrClN3.C5H6BrN3/c1-16(28)18-14-20-23(25-15-18)27-22(17-10-6-5-7-11-17)19(26-20)12-8-9-13-21(29)30-24(2,3)4;1-13(24)15-11-17-20(21-12-15)23-19(14-7-3-2-4-8-14)16(22-17)9-5-6-10-18(25)26;1-9(20)11-7-12-15(17-8-11)19-13(14(16)18-12)10-5-3-2-4-6-10;15-11-6-10-7-12(18)13(17-14(10)16-8-11)9-4-2-1-3-5-9;14-9-6-10-13(16-7-9)18-11(12(15)17-10)8-4-2-1-3-5-8;6-3-1-4(7)5(8)9-2-3/h5-7,10-11,14-15H,8-9,12-13H2,1-4H3;2-4,7-8,11-12H,5-6,9-10H2,1H3,(H,25,26);2-8H,1H3;1-6,8H,7H2;1-7H;1-2H,7H2,(H2,8,9). The Balaban J connectivity index is 0.000000146. The van der Waals surface area contributed by atoms with E-state index in [0.717, 1.165) is 76.0 Å². The number of carboxylic acid groups (broad SMARTS) is 1. The summed E-state index contributed by atoms with van der Waals surface area (Å²) in [6.45, 7) is 10.1. The molecule has 5 N–H and O–H groups in total. The van der Waals surface area contributed by atoms with E-state index < -0.39 is 11.6 Å². The molecule has 121 heavy (non-hydrogen) atoms. The van der Waals surface area contributed by atoms with E-state index in [1.807, 2.05) is 185 Å². The molecule has 11 heterocycles. The molecule has 0 bridgehead atoms. The monoisotopic (exact) mass is 1840 g/mol. The molecule has 0 saturated carbocycles. The van der Waals surface area contributed by atoms with E-state index in [4.69, 9.17) is 54.5 Å². The van der Waals surface area contributed by atoms with E-state index in [1.165, 1.54) is 39.4 Å². The van der Waals surface area contributed by atoms with Crippen LogP contribution in [0.25, 0.3) is 89.7 Å². The summed E-state index contributed by atoms with van der Waals surface area (Å²) in [4.78, 5) is 135. The van der Waals surface area contributed by atoms with Gasteiger partial charge in [0.2, 0.25) is 0 Å². The van der Waals surface area contributed by atoms with Gasteiger partial charge in [0.25, 0.3) is 0 Å². The van der Waals surface area contributed by atoms with Gasteiger partial charge in [-0.2, -0.15) is 0 Å². The number of benzene rings is 5. The van der Waals surface area contributed by atoms with Crippen molar-refractivity contribution in [2.45, 2.75) is 105 Å². The van der Waals surface area contributed by atoms with Crippen molar-refractivity contribution in [1.82, 2.24) is 69.8 Å². The fourth-order valence-corrected chi connectivity index (χ4v) is 13.4. The third kappa shape index (κ3) is 25.4. The quantitative estimate of drug-likeness (QED) is 0.0408. The van der Waals surface area contributed by atoms with Crippen molar-refractivity contribution in [2.24, 2.45) is 4.99 Å². The van der Waals surface area contributed by atoms with Crippen LogP contribution in [0.15, 0.2) is 244 Å². The van der Waals surface area contributed by atoms with Gasteiger partial charge in [0.15, 0.2) is 61.8 Å². The van der Waals surface area contributed by atoms with Crippen molar-refractivity contribution in [3.05, 3.63) is 288 Å². The minimum absolute atomic E-state index is 0.0357. The summed E-state index contributed by atoms with van der Waals surface area (Å²) in [6, 6.07) is 58.9. The first-order valence-corrected chi connectivity index (χ1v) is 41.1. The number of nitrogens with zero attached hydrogens (tertiary/aromatic N) is 15. The lowest BCUT2D eigenvalue weighted by Crippen LogP contribution is -2.23. The summed E-state index contributed by atoms with van der Waals surface area (Å²) in [5.41, 5.74) is 27.0.